The van der Waals surface area contributed by atoms with Crippen molar-refractivity contribution >= 4 is 23.1 Å². The Morgan fingerprint density at radius 2 is 1.90 bits per heavy atom. The number of rotatable bonds is 6. The third kappa shape index (κ3) is 4.43. The van der Waals surface area contributed by atoms with Gasteiger partial charge in [-0.05, 0) is 23.9 Å². The lowest BCUT2D eigenvalue weighted by Crippen LogP contribution is -2.13. The highest BCUT2D eigenvalue weighted by Crippen LogP contribution is 2.36. The van der Waals surface area contributed by atoms with Gasteiger partial charge in [-0.1, -0.05) is 74.1 Å². The van der Waals surface area contributed by atoms with E-state index in [0.717, 1.165) is 15.9 Å². The molecule has 29 heavy (non-hydrogen) atoms. The summed E-state index contributed by atoms with van der Waals surface area (Å²) in [5.41, 5.74) is 1.05. The van der Waals surface area contributed by atoms with Gasteiger partial charge in [0.25, 0.3) is 0 Å². The summed E-state index contributed by atoms with van der Waals surface area (Å²) in [6.45, 7) is 8.97. The van der Waals surface area contributed by atoms with Crippen molar-refractivity contribution in [1.29, 1.82) is 0 Å². The standard InChI is InChI=1S/C21H23N5OS2/c1-14(18-22-19(25-27-18)21(2,3)4)29-20-24-23-17(16-11-8-12-28-16)26(20)13-15-9-6-5-7-10-15/h5-12,14H,13H2,1-4H3/t14-/m0/s1. The van der Waals surface area contributed by atoms with Gasteiger partial charge >= 0.3 is 0 Å². The molecule has 1 atom stereocenters. The first-order valence-electron chi connectivity index (χ1n) is 9.43. The van der Waals surface area contributed by atoms with Crippen LogP contribution >= 0.6 is 23.1 Å². The quantitative estimate of drug-likeness (QED) is 0.375. The van der Waals surface area contributed by atoms with E-state index in [1.165, 1.54) is 5.56 Å². The topological polar surface area (TPSA) is 69.6 Å². The Balaban J connectivity index is 1.64. The first-order valence-corrected chi connectivity index (χ1v) is 11.2. The van der Waals surface area contributed by atoms with Crippen LogP contribution in [0.3, 0.4) is 0 Å². The van der Waals surface area contributed by atoms with Gasteiger partial charge in [-0.3, -0.25) is 4.57 Å². The number of aromatic nitrogens is 5. The fourth-order valence-corrected chi connectivity index (χ4v) is 4.38. The number of thioether (sulfide) groups is 1. The molecule has 150 valence electrons. The smallest absolute Gasteiger partial charge is 0.239 e. The lowest BCUT2D eigenvalue weighted by molar-refractivity contribution is 0.364. The predicted molar refractivity (Wildman–Crippen MR) is 116 cm³/mol. The minimum absolute atomic E-state index is 0.0338. The van der Waals surface area contributed by atoms with Gasteiger partial charge in [-0.2, -0.15) is 4.98 Å². The number of hydrogen-bond acceptors (Lipinski definition) is 7. The van der Waals surface area contributed by atoms with Crippen molar-refractivity contribution < 1.29 is 4.52 Å². The second-order valence-corrected chi connectivity index (χ2v) is 10.1. The summed E-state index contributed by atoms with van der Waals surface area (Å²) in [5.74, 6) is 2.19. The Hall–Kier alpha value is -2.45. The van der Waals surface area contributed by atoms with Crippen LogP contribution < -0.4 is 0 Å². The van der Waals surface area contributed by atoms with Crippen LogP contribution in [-0.2, 0) is 12.0 Å². The maximum atomic E-state index is 5.53. The Bertz CT molecular complexity index is 1060. The molecule has 0 aliphatic rings. The summed E-state index contributed by atoms with van der Waals surface area (Å²) >= 11 is 3.24. The van der Waals surface area contributed by atoms with E-state index in [4.69, 9.17) is 4.52 Å². The van der Waals surface area contributed by atoms with E-state index in [1.807, 2.05) is 24.3 Å². The highest BCUT2D eigenvalue weighted by atomic mass is 32.2. The normalized spacial score (nSPS) is 13.0. The molecule has 0 fully saturated rings. The van der Waals surface area contributed by atoms with E-state index >= 15 is 0 Å². The molecule has 6 nitrogen and oxygen atoms in total. The van der Waals surface area contributed by atoms with E-state index in [0.29, 0.717) is 18.3 Å². The second kappa shape index (κ2) is 8.12. The van der Waals surface area contributed by atoms with Crippen molar-refractivity contribution in [2.75, 3.05) is 0 Å². The highest BCUT2D eigenvalue weighted by molar-refractivity contribution is 7.99. The molecule has 4 aromatic rings. The molecule has 0 aliphatic heterocycles. The predicted octanol–water partition coefficient (Wildman–Crippen LogP) is 5.59. The maximum Gasteiger partial charge on any atom is 0.239 e. The lowest BCUT2D eigenvalue weighted by Gasteiger charge is -2.12. The molecule has 0 unspecified atom stereocenters. The molecule has 0 saturated heterocycles. The molecule has 8 heteroatoms. The molecule has 0 radical (unpaired) electrons. The fraction of sp³-hybridized carbons (Fsp3) is 0.333. The molecule has 0 saturated carbocycles. The zero-order valence-electron chi connectivity index (χ0n) is 16.9. The summed E-state index contributed by atoms with van der Waals surface area (Å²) in [4.78, 5) is 5.69. The third-order valence-corrected chi connectivity index (χ3v) is 6.32. The Morgan fingerprint density at radius 3 is 2.55 bits per heavy atom. The van der Waals surface area contributed by atoms with Crippen molar-refractivity contribution in [2.45, 2.75) is 50.1 Å². The Morgan fingerprint density at radius 1 is 1.10 bits per heavy atom. The van der Waals surface area contributed by atoms with E-state index < -0.39 is 0 Å². The van der Waals surface area contributed by atoms with Crippen LogP contribution in [0.2, 0.25) is 0 Å². The molecule has 3 heterocycles. The largest absolute Gasteiger partial charge is 0.338 e. The molecule has 0 N–H and O–H groups in total. The van der Waals surface area contributed by atoms with Gasteiger partial charge in [0.1, 0.15) is 0 Å². The maximum absolute atomic E-state index is 5.53. The van der Waals surface area contributed by atoms with Crippen molar-refractivity contribution in [3.63, 3.8) is 0 Å². The summed E-state index contributed by atoms with van der Waals surface area (Å²) in [6, 6.07) is 14.5. The minimum atomic E-state index is -0.147. The molecule has 1 aromatic carbocycles. The molecular weight excluding hydrogens is 402 g/mol. The van der Waals surface area contributed by atoms with Crippen LogP contribution in [0.4, 0.5) is 0 Å². The minimum Gasteiger partial charge on any atom is -0.338 e. The van der Waals surface area contributed by atoms with Crippen LogP contribution in [0.15, 0.2) is 57.5 Å². The fourth-order valence-electron chi connectivity index (χ4n) is 2.79. The van der Waals surface area contributed by atoms with E-state index in [9.17, 15) is 0 Å². The number of benzene rings is 1. The Kier molecular flexibility index (Phi) is 5.56. The van der Waals surface area contributed by atoms with Crippen molar-refractivity contribution in [3.8, 4) is 10.7 Å². The second-order valence-electron chi connectivity index (χ2n) is 7.82. The summed E-state index contributed by atoms with van der Waals surface area (Å²) in [7, 11) is 0. The van der Waals surface area contributed by atoms with Crippen molar-refractivity contribution in [1.82, 2.24) is 24.9 Å². The lowest BCUT2D eigenvalue weighted by atomic mass is 9.96. The summed E-state index contributed by atoms with van der Waals surface area (Å²) in [6.07, 6.45) is 0. The van der Waals surface area contributed by atoms with Gasteiger partial charge < -0.3 is 4.52 Å². The van der Waals surface area contributed by atoms with Gasteiger partial charge in [-0.15, -0.1) is 21.5 Å². The molecular formula is C21H23N5OS2. The monoisotopic (exact) mass is 425 g/mol. The summed E-state index contributed by atoms with van der Waals surface area (Å²) < 4.78 is 7.68. The highest BCUT2D eigenvalue weighted by Gasteiger charge is 2.25. The first-order chi connectivity index (χ1) is 13.9. The molecule has 0 spiro atoms. The van der Waals surface area contributed by atoms with Crippen molar-refractivity contribution in [2.24, 2.45) is 0 Å². The van der Waals surface area contributed by atoms with E-state index in [-0.39, 0.29) is 10.7 Å². The van der Waals surface area contributed by atoms with Crippen LogP contribution in [0.5, 0.6) is 0 Å². The molecule has 0 amide bonds. The van der Waals surface area contributed by atoms with Gasteiger partial charge in [0.2, 0.25) is 5.89 Å². The van der Waals surface area contributed by atoms with Gasteiger partial charge in [-0.25, -0.2) is 0 Å². The number of thiophene rings is 1. The van der Waals surface area contributed by atoms with Crippen LogP contribution in [0.25, 0.3) is 10.7 Å². The molecule has 4 rings (SSSR count). The average molecular weight is 426 g/mol. The van der Waals surface area contributed by atoms with Gasteiger partial charge in [0, 0.05) is 5.41 Å². The van der Waals surface area contributed by atoms with E-state index in [1.54, 1.807) is 23.1 Å². The number of hydrogen-bond donors (Lipinski definition) is 0. The van der Waals surface area contributed by atoms with Crippen LogP contribution in [0.1, 0.15) is 50.2 Å². The number of nitrogens with zero attached hydrogens (tertiary/aromatic N) is 5. The van der Waals surface area contributed by atoms with Gasteiger partial charge in [0.05, 0.1) is 16.7 Å². The zero-order chi connectivity index (χ0) is 20.4. The van der Waals surface area contributed by atoms with Crippen molar-refractivity contribution in [3.05, 3.63) is 65.1 Å². The molecule has 0 bridgehead atoms. The molecule has 3 aromatic heterocycles. The first kappa shape index (κ1) is 19.8. The SMILES string of the molecule is C[C@H](Sc1nnc(-c2cccs2)n1Cc1ccccc1)c1nc(C(C)(C)C)no1. The average Bonchev–Trinajstić information content (AvgIpc) is 3.43. The van der Waals surface area contributed by atoms with E-state index in [2.05, 4.69) is 76.2 Å². The van der Waals surface area contributed by atoms with Gasteiger partial charge in [0.15, 0.2) is 16.8 Å². The summed E-state index contributed by atoms with van der Waals surface area (Å²) in [5, 5.41) is 16.0. The van der Waals surface area contributed by atoms with Crippen LogP contribution in [0, 0.1) is 0 Å². The third-order valence-electron chi connectivity index (χ3n) is 4.38. The molecule has 0 aliphatic carbocycles. The zero-order valence-corrected chi connectivity index (χ0v) is 18.5. The van der Waals surface area contributed by atoms with Crippen LogP contribution in [-0.4, -0.2) is 24.9 Å². The Labute approximate surface area is 178 Å².